The Labute approximate surface area is 146 Å². The van der Waals surface area contributed by atoms with Gasteiger partial charge in [-0.15, -0.1) is 0 Å². The molecule has 1 fully saturated rings. The molecule has 2 unspecified atom stereocenters. The van der Waals surface area contributed by atoms with E-state index in [0.717, 1.165) is 12.8 Å². The van der Waals surface area contributed by atoms with E-state index in [1.807, 2.05) is 25.1 Å². The van der Waals surface area contributed by atoms with E-state index in [1.165, 1.54) is 17.7 Å². The molecule has 6 heteroatoms. The SMILES string of the molecule is CC(NC(c1ccccc1)C1CC1)C(=O)Nc1cccc([N+](=O)[O-])c1. The molecule has 0 saturated heterocycles. The third-order valence-electron chi connectivity index (χ3n) is 4.40. The number of nitro groups is 1. The Bertz CT molecular complexity index is 760. The quantitative estimate of drug-likeness (QED) is 0.595. The first-order valence-corrected chi connectivity index (χ1v) is 8.41. The highest BCUT2D eigenvalue weighted by atomic mass is 16.6. The molecule has 0 spiro atoms. The van der Waals surface area contributed by atoms with Gasteiger partial charge in [0.25, 0.3) is 5.69 Å². The van der Waals surface area contributed by atoms with Crippen molar-refractivity contribution in [3.63, 3.8) is 0 Å². The molecule has 0 aromatic heterocycles. The average molecular weight is 339 g/mol. The Hall–Kier alpha value is -2.73. The van der Waals surface area contributed by atoms with Crippen molar-refractivity contribution < 1.29 is 9.72 Å². The van der Waals surface area contributed by atoms with Gasteiger partial charge in [-0.2, -0.15) is 0 Å². The topological polar surface area (TPSA) is 84.3 Å². The van der Waals surface area contributed by atoms with Crippen molar-refractivity contribution in [1.29, 1.82) is 0 Å². The highest BCUT2D eigenvalue weighted by molar-refractivity contribution is 5.94. The van der Waals surface area contributed by atoms with Crippen LogP contribution in [-0.2, 0) is 4.79 Å². The normalized spacial score (nSPS) is 16.0. The van der Waals surface area contributed by atoms with Gasteiger partial charge in [0.1, 0.15) is 0 Å². The monoisotopic (exact) mass is 339 g/mol. The molecule has 1 aliphatic carbocycles. The van der Waals surface area contributed by atoms with Gasteiger partial charge in [0, 0.05) is 23.9 Å². The molecule has 0 radical (unpaired) electrons. The number of anilines is 1. The van der Waals surface area contributed by atoms with Crippen LogP contribution in [0.4, 0.5) is 11.4 Å². The summed E-state index contributed by atoms with van der Waals surface area (Å²) in [6, 6.07) is 15.8. The molecular formula is C19H21N3O3. The molecule has 2 aromatic rings. The first kappa shape index (κ1) is 17.1. The van der Waals surface area contributed by atoms with Crippen LogP contribution in [0.5, 0.6) is 0 Å². The summed E-state index contributed by atoms with van der Waals surface area (Å²) in [7, 11) is 0. The maximum absolute atomic E-state index is 12.5. The molecule has 2 aromatic carbocycles. The van der Waals surface area contributed by atoms with E-state index in [-0.39, 0.29) is 17.6 Å². The first-order valence-electron chi connectivity index (χ1n) is 8.41. The third kappa shape index (κ3) is 4.42. The van der Waals surface area contributed by atoms with Crippen molar-refractivity contribution in [1.82, 2.24) is 5.32 Å². The molecule has 2 atom stereocenters. The summed E-state index contributed by atoms with van der Waals surface area (Å²) in [5.41, 5.74) is 1.56. The largest absolute Gasteiger partial charge is 0.324 e. The number of rotatable bonds is 7. The Morgan fingerprint density at radius 1 is 1.16 bits per heavy atom. The lowest BCUT2D eigenvalue weighted by atomic mass is 10.0. The molecule has 6 nitrogen and oxygen atoms in total. The van der Waals surface area contributed by atoms with Crippen LogP contribution in [0.25, 0.3) is 0 Å². The van der Waals surface area contributed by atoms with Crippen molar-refractivity contribution in [2.45, 2.75) is 31.8 Å². The summed E-state index contributed by atoms with van der Waals surface area (Å²) < 4.78 is 0. The second-order valence-corrected chi connectivity index (χ2v) is 6.41. The van der Waals surface area contributed by atoms with Crippen LogP contribution in [0.3, 0.4) is 0 Å². The Morgan fingerprint density at radius 3 is 2.52 bits per heavy atom. The zero-order valence-electron chi connectivity index (χ0n) is 14.0. The van der Waals surface area contributed by atoms with E-state index in [2.05, 4.69) is 22.8 Å². The standard InChI is InChI=1S/C19H21N3O3/c1-13(19(23)21-16-8-5-9-17(12-16)22(24)25)20-18(15-10-11-15)14-6-3-2-4-7-14/h2-9,12-13,15,18,20H,10-11H2,1H3,(H,21,23). The number of benzene rings is 2. The van der Waals surface area contributed by atoms with Crippen molar-refractivity contribution in [3.05, 3.63) is 70.3 Å². The van der Waals surface area contributed by atoms with Crippen LogP contribution in [0.15, 0.2) is 54.6 Å². The van der Waals surface area contributed by atoms with Crippen molar-refractivity contribution >= 4 is 17.3 Å². The number of carbonyl (C=O) groups is 1. The molecular weight excluding hydrogens is 318 g/mol. The molecule has 130 valence electrons. The summed E-state index contributed by atoms with van der Waals surface area (Å²) in [5, 5.41) is 17.0. The third-order valence-corrected chi connectivity index (χ3v) is 4.40. The number of nitrogens with one attached hydrogen (secondary N) is 2. The summed E-state index contributed by atoms with van der Waals surface area (Å²) >= 11 is 0. The number of hydrogen-bond donors (Lipinski definition) is 2. The summed E-state index contributed by atoms with van der Waals surface area (Å²) in [4.78, 5) is 22.8. The van der Waals surface area contributed by atoms with Gasteiger partial charge in [-0.05, 0) is 37.3 Å². The number of non-ortho nitro benzene ring substituents is 1. The van der Waals surface area contributed by atoms with Crippen LogP contribution in [0, 0.1) is 16.0 Å². The highest BCUT2D eigenvalue weighted by Crippen LogP contribution is 2.41. The molecule has 0 bridgehead atoms. The number of carbonyl (C=O) groups excluding carboxylic acids is 1. The van der Waals surface area contributed by atoms with Crippen LogP contribution in [0.1, 0.15) is 31.4 Å². The highest BCUT2D eigenvalue weighted by Gasteiger charge is 2.33. The van der Waals surface area contributed by atoms with Gasteiger partial charge in [0.15, 0.2) is 0 Å². The molecule has 1 saturated carbocycles. The maximum atomic E-state index is 12.5. The summed E-state index contributed by atoms with van der Waals surface area (Å²) in [5.74, 6) is 0.345. The lowest BCUT2D eigenvalue weighted by molar-refractivity contribution is -0.384. The minimum Gasteiger partial charge on any atom is -0.324 e. The predicted molar refractivity (Wildman–Crippen MR) is 96.2 cm³/mol. The first-order chi connectivity index (χ1) is 12.0. The van der Waals surface area contributed by atoms with E-state index in [4.69, 9.17) is 0 Å². The molecule has 1 aliphatic rings. The summed E-state index contributed by atoms with van der Waals surface area (Å²) in [6.07, 6.45) is 2.32. The van der Waals surface area contributed by atoms with Crippen LogP contribution in [-0.4, -0.2) is 16.9 Å². The van der Waals surface area contributed by atoms with E-state index < -0.39 is 11.0 Å². The molecule has 1 amide bonds. The Kier molecular flexibility index (Phi) is 5.09. The van der Waals surface area contributed by atoms with E-state index in [0.29, 0.717) is 11.6 Å². The zero-order valence-corrected chi connectivity index (χ0v) is 14.0. The van der Waals surface area contributed by atoms with Crippen molar-refractivity contribution in [3.8, 4) is 0 Å². The smallest absolute Gasteiger partial charge is 0.271 e. The van der Waals surface area contributed by atoms with Gasteiger partial charge in [-0.25, -0.2) is 0 Å². The minimum absolute atomic E-state index is 0.0430. The van der Waals surface area contributed by atoms with Gasteiger partial charge < -0.3 is 5.32 Å². The number of nitrogens with zero attached hydrogens (tertiary/aromatic N) is 1. The van der Waals surface area contributed by atoms with E-state index in [1.54, 1.807) is 12.1 Å². The van der Waals surface area contributed by atoms with Gasteiger partial charge >= 0.3 is 0 Å². The van der Waals surface area contributed by atoms with Gasteiger partial charge in [-0.1, -0.05) is 36.4 Å². The number of amides is 1. The van der Waals surface area contributed by atoms with Gasteiger partial charge in [0.05, 0.1) is 11.0 Å². The van der Waals surface area contributed by atoms with Crippen LogP contribution in [0.2, 0.25) is 0 Å². The molecule has 2 N–H and O–H groups in total. The van der Waals surface area contributed by atoms with Crippen LogP contribution >= 0.6 is 0 Å². The predicted octanol–water partition coefficient (Wildman–Crippen LogP) is 3.66. The van der Waals surface area contributed by atoms with Crippen molar-refractivity contribution in [2.75, 3.05) is 5.32 Å². The molecule has 0 heterocycles. The molecule has 0 aliphatic heterocycles. The Balaban J connectivity index is 1.65. The van der Waals surface area contributed by atoms with Gasteiger partial charge in [0.2, 0.25) is 5.91 Å². The summed E-state index contributed by atoms with van der Waals surface area (Å²) in [6.45, 7) is 1.81. The molecule has 3 rings (SSSR count). The Morgan fingerprint density at radius 2 is 1.88 bits per heavy atom. The van der Waals surface area contributed by atoms with E-state index in [9.17, 15) is 14.9 Å². The average Bonchev–Trinajstić information content (AvgIpc) is 3.45. The lowest BCUT2D eigenvalue weighted by Gasteiger charge is -2.23. The second kappa shape index (κ2) is 7.44. The second-order valence-electron chi connectivity index (χ2n) is 6.41. The fourth-order valence-corrected chi connectivity index (χ4v) is 2.89. The number of hydrogen-bond acceptors (Lipinski definition) is 4. The van der Waals surface area contributed by atoms with Gasteiger partial charge in [-0.3, -0.25) is 20.2 Å². The van der Waals surface area contributed by atoms with Crippen molar-refractivity contribution in [2.24, 2.45) is 5.92 Å². The number of nitro benzene ring substituents is 1. The minimum atomic E-state index is -0.476. The fourth-order valence-electron chi connectivity index (χ4n) is 2.89. The van der Waals surface area contributed by atoms with E-state index >= 15 is 0 Å². The lowest BCUT2D eigenvalue weighted by Crippen LogP contribution is -2.40. The van der Waals surface area contributed by atoms with Crippen LogP contribution < -0.4 is 10.6 Å². The maximum Gasteiger partial charge on any atom is 0.271 e. The fraction of sp³-hybridized carbons (Fsp3) is 0.316. The molecule has 25 heavy (non-hydrogen) atoms. The zero-order chi connectivity index (χ0) is 17.8.